The molecule has 1 aromatic heterocycles. The Kier molecular flexibility index (Phi) is 6.82. The van der Waals surface area contributed by atoms with Gasteiger partial charge in [-0.2, -0.15) is 9.57 Å². The van der Waals surface area contributed by atoms with Gasteiger partial charge in [0.05, 0.1) is 6.07 Å². The van der Waals surface area contributed by atoms with E-state index >= 15 is 0 Å². The molecule has 2 heterocycles. The van der Waals surface area contributed by atoms with Crippen LogP contribution in [0.25, 0.3) is 0 Å². The van der Waals surface area contributed by atoms with Gasteiger partial charge in [-0.3, -0.25) is 4.79 Å². The number of carbonyl (C=O) groups is 1. The Morgan fingerprint density at radius 1 is 1.29 bits per heavy atom. The van der Waals surface area contributed by atoms with Crippen molar-refractivity contribution in [2.24, 2.45) is 5.92 Å². The monoisotopic (exact) mass is 444 g/mol. The first-order valence-corrected chi connectivity index (χ1v) is 11.8. The van der Waals surface area contributed by atoms with Crippen molar-refractivity contribution in [1.82, 2.24) is 14.4 Å². The van der Waals surface area contributed by atoms with Crippen molar-refractivity contribution in [2.75, 3.05) is 20.1 Å². The summed E-state index contributed by atoms with van der Waals surface area (Å²) >= 11 is 0. The molecular weight excluding hydrogens is 416 g/mol. The molecule has 1 atom stereocenters. The van der Waals surface area contributed by atoms with Gasteiger partial charge in [0.2, 0.25) is 15.9 Å². The van der Waals surface area contributed by atoms with Crippen LogP contribution in [0.1, 0.15) is 48.4 Å². The molecule has 1 aliphatic heterocycles. The number of amides is 1. The normalized spacial score (nSPS) is 16.6. The highest BCUT2D eigenvalue weighted by Gasteiger charge is 2.37. The lowest BCUT2D eigenvalue weighted by molar-refractivity contribution is -0.136. The fourth-order valence-corrected chi connectivity index (χ4v) is 5.81. The van der Waals surface area contributed by atoms with E-state index in [1.165, 1.54) is 14.8 Å². The van der Waals surface area contributed by atoms with Gasteiger partial charge in [-0.05, 0) is 44.2 Å². The molecule has 0 spiro atoms. The number of rotatable bonds is 6. The maximum absolute atomic E-state index is 13.1. The fraction of sp³-hybridized carbons (Fsp3) is 0.500. The molecule has 0 saturated carbocycles. The van der Waals surface area contributed by atoms with Crippen LogP contribution in [0.5, 0.6) is 0 Å². The number of hydrogen-bond acceptors (Lipinski definition) is 6. The van der Waals surface area contributed by atoms with Crippen molar-refractivity contribution in [3.63, 3.8) is 0 Å². The zero-order chi connectivity index (χ0) is 22.8. The topological polar surface area (TPSA) is 108 Å². The Bertz CT molecular complexity index is 1060. The van der Waals surface area contributed by atoms with Crippen LogP contribution in [-0.2, 0) is 21.2 Å². The van der Waals surface area contributed by atoms with Crippen LogP contribution in [-0.4, -0.2) is 48.8 Å². The first kappa shape index (κ1) is 23.0. The predicted octanol–water partition coefficient (Wildman–Crippen LogP) is 2.98. The highest BCUT2D eigenvalue weighted by atomic mass is 32.2. The predicted molar refractivity (Wildman–Crippen MR) is 114 cm³/mol. The quantitative estimate of drug-likeness (QED) is 0.678. The van der Waals surface area contributed by atoms with Crippen molar-refractivity contribution >= 4 is 15.9 Å². The molecule has 2 aromatic rings. The van der Waals surface area contributed by atoms with Gasteiger partial charge in [0.25, 0.3) is 0 Å². The van der Waals surface area contributed by atoms with Crippen molar-refractivity contribution < 1.29 is 17.7 Å². The molecule has 1 amide bonds. The SMILES string of the molecule is CCc1ccc(C(C#N)N(C)C(=O)C2CCN(S(=O)(=O)c3c(C)noc3C)CC2)cc1. The molecule has 8 nitrogen and oxygen atoms in total. The van der Waals surface area contributed by atoms with Gasteiger partial charge >= 0.3 is 0 Å². The molecule has 0 aliphatic carbocycles. The summed E-state index contributed by atoms with van der Waals surface area (Å²) in [5.41, 5.74) is 2.27. The Balaban J connectivity index is 1.68. The molecule has 1 aromatic carbocycles. The molecule has 0 N–H and O–H groups in total. The summed E-state index contributed by atoms with van der Waals surface area (Å²) in [7, 11) is -2.08. The number of carbonyl (C=O) groups excluding carboxylic acids is 1. The lowest BCUT2D eigenvalue weighted by Crippen LogP contribution is -2.44. The fourth-order valence-electron chi connectivity index (χ4n) is 4.05. The minimum atomic E-state index is -3.72. The van der Waals surface area contributed by atoms with Crippen molar-refractivity contribution in [2.45, 2.75) is 51.0 Å². The molecule has 0 bridgehead atoms. The minimum Gasteiger partial charge on any atom is -0.360 e. The number of benzene rings is 1. The van der Waals surface area contributed by atoms with Gasteiger partial charge in [-0.25, -0.2) is 8.42 Å². The van der Waals surface area contributed by atoms with Crippen LogP contribution in [0.4, 0.5) is 0 Å². The zero-order valence-corrected chi connectivity index (χ0v) is 19.1. The van der Waals surface area contributed by atoms with E-state index in [2.05, 4.69) is 18.1 Å². The third-order valence-electron chi connectivity index (χ3n) is 5.93. The van der Waals surface area contributed by atoms with Crippen LogP contribution >= 0.6 is 0 Å². The minimum absolute atomic E-state index is 0.106. The van der Waals surface area contributed by atoms with Crippen LogP contribution in [0.3, 0.4) is 0 Å². The second kappa shape index (κ2) is 9.20. The molecule has 31 heavy (non-hydrogen) atoms. The number of aryl methyl sites for hydroxylation is 3. The first-order chi connectivity index (χ1) is 14.7. The van der Waals surface area contributed by atoms with E-state index in [4.69, 9.17) is 4.52 Å². The summed E-state index contributed by atoms with van der Waals surface area (Å²) in [5.74, 6) is -0.200. The molecule has 1 unspecified atom stereocenters. The van der Waals surface area contributed by atoms with Crippen LogP contribution < -0.4 is 0 Å². The molecule has 1 saturated heterocycles. The van der Waals surface area contributed by atoms with Crippen molar-refractivity contribution in [3.8, 4) is 6.07 Å². The maximum atomic E-state index is 13.1. The van der Waals surface area contributed by atoms with Crippen LogP contribution in [0.15, 0.2) is 33.7 Å². The second-order valence-corrected chi connectivity index (χ2v) is 9.78. The molecule has 3 rings (SSSR count). The number of hydrogen-bond donors (Lipinski definition) is 0. The third-order valence-corrected chi connectivity index (χ3v) is 8.07. The van der Waals surface area contributed by atoms with E-state index < -0.39 is 16.1 Å². The van der Waals surface area contributed by atoms with Gasteiger partial charge in [-0.1, -0.05) is 36.3 Å². The number of nitrogens with zero attached hydrogens (tertiary/aromatic N) is 4. The van der Waals surface area contributed by atoms with Crippen molar-refractivity contribution in [3.05, 3.63) is 46.8 Å². The van der Waals surface area contributed by atoms with Gasteiger partial charge in [0.1, 0.15) is 16.6 Å². The lowest BCUT2D eigenvalue weighted by atomic mass is 9.95. The molecule has 1 aliphatic rings. The molecular formula is C22H28N4O4S. The highest BCUT2D eigenvalue weighted by Crippen LogP contribution is 2.30. The molecule has 0 radical (unpaired) electrons. The van der Waals surface area contributed by atoms with Crippen molar-refractivity contribution in [1.29, 1.82) is 5.26 Å². The van der Waals surface area contributed by atoms with Gasteiger partial charge in [0, 0.05) is 26.1 Å². The highest BCUT2D eigenvalue weighted by molar-refractivity contribution is 7.89. The average molecular weight is 445 g/mol. The number of sulfonamides is 1. The van der Waals surface area contributed by atoms with E-state index in [1.54, 1.807) is 20.9 Å². The molecule has 9 heteroatoms. The van der Waals surface area contributed by atoms with Gasteiger partial charge in [0.15, 0.2) is 5.76 Å². The van der Waals surface area contributed by atoms with E-state index in [1.807, 2.05) is 24.3 Å². The van der Waals surface area contributed by atoms with E-state index in [9.17, 15) is 18.5 Å². The number of piperidine rings is 1. The van der Waals surface area contributed by atoms with Gasteiger partial charge in [-0.15, -0.1) is 0 Å². The smallest absolute Gasteiger partial charge is 0.248 e. The zero-order valence-electron chi connectivity index (χ0n) is 18.3. The maximum Gasteiger partial charge on any atom is 0.248 e. The van der Waals surface area contributed by atoms with E-state index in [-0.39, 0.29) is 35.6 Å². The van der Waals surface area contributed by atoms with Crippen LogP contribution in [0, 0.1) is 31.1 Å². The molecule has 166 valence electrons. The lowest BCUT2D eigenvalue weighted by Gasteiger charge is -2.33. The van der Waals surface area contributed by atoms with Gasteiger partial charge < -0.3 is 9.42 Å². The van der Waals surface area contributed by atoms with E-state index in [0.717, 1.165) is 12.0 Å². The van der Waals surface area contributed by atoms with E-state index in [0.29, 0.717) is 18.5 Å². The first-order valence-electron chi connectivity index (χ1n) is 10.4. The Morgan fingerprint density at radius 2 is 1.90 bits per heavy atom. The summed E-state index contributed by atoms with van der Waals surface area (Å²) in [6.07, 6.45) is 1.71. The average Bonchev–Trinajstić information content (AvgIpc) is 3.12. The summed E-state index contributed by atoms with van der Waals surface area (Å²) < 4.78 is 32.4. The summed E-state index contributed by atoms with van der Waals surface area (Å²) in [6.45, 7) is 5.71. The summed E-state index contributed by atoms with van der Waals surface area (Å²) in [4.78, 5) is 14.7. The summed E-state index contributed by atoms with van der Waals surface area (Å²) in [6, 6.07) is 9.25. The third kappa shape index (κ3) is 4.50. The Labute approximate surface area is 183 Å². The Morgan fingerprint density at radius 3 is 2.39 bits per heavy atom. The van der Waals surface area contributed by atoms with Crippen LogP contribution in [0.2, 0.25) is 0 Å². The standard InChI is InChI=1S/C22H28N4O4S/c1-5-17-6-8-18(9-7-17)20(14-23)25(4)22(27)19-10-12-26(13-11-19)31(28,29)21-15(2)24-30-16(21)3/h6-9,19-20H,5,10-13H2,1-4H3. The number of nitriles is 1. The summed E-state index contributed by atoms with van der Waals surface area (Å²) in [5, 5.41) is 13.4. The largest absolute Gasteiger partial charge is 0.360 e. The molecule has 1 fully saturated rings. The number of aromatic nitrogens is 1. The second-order valence-electron chi connectivity index (χ2n) is 7.91. The Hall–Kier alpha value is -2.70.